The van der Waals surface area contributed by atoms with Gasteiger partial charge in [-0.25, -0.2) is 13.1 Å². The molecule has 0 aliphatic heterocycles. The van der Waals surface area contributed by atoms with E-state index in [9.17, 15) is 8.42 Å². The Bertz CT molecular complexity index is 521. The number of hydrogen-bond donors (Lipinski definition) is 1. The van der Waals surface area contributed by atoms with Crippen molar-refractivity contribution in [2.75, 3.05) is 6.26 Å². The van der Waals surface area contributed by atoms with Crippen LogP contribution < -0.4 is 4.72 Å². The third-order valence-corrected chi connectivity index (χ3v) is 3.75. The van der Waals surface area contributed by atoms with Gasteiger partial charge in [-0.05, 0) is 26.2 Å². The molecule has 1 aromatic rings. The molecule has 1 aliphatic carbocycles. The third-order valence-electron chi connectivity index (χ3n) is 2.87. The van der Waals surface area contributed by atoms with Crippen molar-refractivity contribution in [1.29, 1.82) is 0 Å². The van der Waals surface area contributed by atoms with Crippen molar-refractivity contribution in [3.05, 3.63) is 11.7 Å². The van der Waals surface area contributed by atoms with E-state index in [0.717, 1.165) is 12.7 Å². The Labute approximate surface area is 101 Å². The van der Waals surface area contributed by atoms with Crippen LogP contribution in [0.4, 0.5) is 0 Å². The van der Waals surface area contributed by atoms with Gasteiger partial charge in [0.2, 0.25) is 15.9 Å². The van der Waals surface area contributed by atoms with Crippen molar-refractivity contribution in [2.24, 2.45) is 5.92 Å². The number of nitrogens with one attached hydrogen (secondary N) is 1. The zero-order valence-corrected chi connectivity index (χ0v) is 11.2. The number of nitrogens with zero attached hydrogens (tertiary/aromatic N) is 2. The lowest BCUT2D eigenvalue weighted by Gasteiger charge is -2.20. The quantitative estimate of drug-likeness (QED) is 0.871. The monoisotopic (exact) mass is 259 g/mol. The maximum atomic E-state index is 11.2. The molecule has 1 N–H and O–H groups in total. The summed E-state index contributed by atoms with van der Waals surface area (Å²) in [7, 11) is -3.31. The molecule has 2 atom stereocenters. The van der Waals surface area contributed by atoms with E-state index in [-0.39, 0.29) is 0 Å². The third kappa shape index (κ3) is 2.84. The Morgan fingerprint density at radius 2 is 2.06 bits per heavy atom. The van der Waals surface area contributed by atoms with Gasteiger partial charge in [0.1, 0.15) is 0 Å². The van der Waals surface area contributed by atoms with Crippen LogP contribution in [0.1, 0.15) is 44.8 Å². The van der Waals surface area contributed by atoms with Gasteiger partial charge in [-0.3, -0.25) is 0 Å². The maximum Gasteiger partial charge on any atom is 0.230 e. The first-order chi connectivity index (χ1) is 7.69. The second kappa shape index (κ2) is 3.78. The summed E-state index contributed by atoms with van der Waals surface area (Å²) in [5.74, 6) is 1.90. The Hall–Kier alpha value is -0.950. The highest BCUT2D eigenvalue weighted by Gasteiger charge is 2.40. The van der Waals surface area contributed by atoms with Crippen molar-refractivity contribution < 1.29 is 12.9 Å². The Balaban J connectivity index is 2.19. The molecule has 96 valence electrons. The molecular formula is C10H17N3O3S. The first kappa shape index (κ1) is 12.5. The Morgan fingerprint density at radius 1 is 1.47 bits per heavy atom. The fourth-order valence-corrected chi connectivity index (χ4v) is 2.83. The summed E-state index contributed by atoms with van der Waals surface area (Å²) in [6.45, 7) is 5.53. The average Bonchev–Trinajstić information content (AvgIpc) is 2.67. The molecule has 0 unspecified atom stereocenters. The lowest BCUT2D eigenvalue weighted by molar-refractivity contribution is 0.352. The van der Waals surface area contributed by atoms with Crippen LogP contribution in [0.2, 0.25) is 0 Å². The molecule has 0 aromatic carbocycles. The standard InChI is InChI=1S/C10H17N3O3S/c1-6-5-7(6)8-11-9(12-16-8)10(2,3)13-17(4,14)15/h6-7,13H,5H2,1-4H3/t6-,7+/m0/s1. The van der Waals surface area contributed by atoms with Gasteiger partial charge in [-0.2, -0.15) is 4.98 Å². The summed E-state index contributed by atoms with van der Waals surface area (Å²) < 4.78 is 30.1. The predicted molar refractivity (Wildman–Crippen MR) is 61.8 cm³/mol. The molecule has 6 nitrogen and oxygen atoms in total. The minimum absolute atomic E-state index is 0.338. The molecule has 17 heavy (non-hydrogen) atoms. The van der Waals surface area contributed by atoms with Gasteiger partial charge in [0, 0.05) is 5.92 Å². The average molecular weight is 259 g/mol. The molecule has 7 heteroatoms. The van der Waals surface area contributed by atoms with Crippen LogP contribution >= 0.6 is 0 Å². The normalized spacial score (nSPS) is 24.9. The highest BCUT2D eigenvalue weighted by molar-refractivity contribution is 7.88. The van der Waals surface area contributed by atoms with Gasteiger partial charge in [-0.15, -0.1) is 0 Å². The van der Waals surface area contributed by atoms with E-state index >= 15 is 0 Å². The highest BCUT2D eigenvalue weighted by Crippen LogP contribution is 2.46. The van der Waals surface area contributed by atoms with Crippen molar-refractivity contribution in [3.63, 3.8) is 0 Å². The van der Waals surface area contributed by atoms with E-state index in [4.69, 9.17) is 4.52 Å². The number of rotatable bonds is 4. The van der Waals surface area contributed by atoms with Crippen molar-refractivity contribution >= 4 is 10.0 Å². The first-order valence-corrected chi connectivity index (χ1v) is 7.41. The first-order valence-electron chi connectivity index (χ1n) is 5.52. The molecule has 0 saturated heterocycles. The number of aromatic nitrogens is 2. The second-order valence-corrected chi connectivity index (χ2v) is 7.02. The molecule has 0 amide bonds. The predicted octanol–water partition coefficient (Wildman–Crippen LogP) is 0.977. The molecule has 2 rings (SSSR count). The Morgan fingerprint density at radius 3 is 2.53 bits per heavy atom. The van der Waals surface area contributed by atoms with Gasteiger partial charge in [0.15, 0.2) is 5.82 Å². The van der Waals surface area contributed by atoms with Gasteiger partial charge >= 0.3 is 0 Å². The van der Waals surface area contributed by atoms with Crippen LogP contribution in [0, 0.1) is 5.92 Å². The van der Waals surface area contributed by atoms with E-state index in [2.05, 4.69) is 21.8 Å². The molecular weight excluding hydrogens is 242 g/mol. The molecule has 1 aromatic heterocycles. The summed E-state index contributed by atoms with van der Waals surface area (Å²) in [5, 5.41) is 3.85. The second-order valence-electron chi connectivity index (χ2n) is 5.27. The fourth-order valence-electron chi connectivity index (χ4n) is 1.81. The summed E-state index contributed by atoms with van der Waals surface area (Å²) >= 11 is 0. The van der Waals surface area contributed by atoms with E-state index in [0.29, 0.717) is 23.6 Å². The maximum absolute atomic E-state index is 11.2. The summed E-state index contributed by atoms with van der Waals surface area (Å²) in [6, 6.07) is 0. The van der Waals surface area contributed by atoms with Gasteiger partial charge in [0.25, 0.3) is 0 Å². The fraction of sp³-hybridized carbons (Fsp3) is 0.800. The van der Waals surface area contributed by atoms with Crippen LogP contribution in [0.3, 0.4) is 0 Å². The summed E-state index contributed by atoms with van der Waals surface area (Å²) in [5.41, 5.74) is -0.854. The van der Waals surface area contributed by atoms with E-state index in [1.165, 1.54) is 0 Å². The topological polar surface area (TPSA) is 85.1 Å². The summed E-state index contributed by atoms with van der Waals surface area (Å²) in [6.07, 6.45) is 2.17. The van der Waals surface area contributed by atoms with Crippen LogP contribution in [-0.2, 0) is 15.6 Å². The highest BCUT2D eigenvalue weighted by atomic mass is 32.2. The van der Waals surface area contributed by atoms with E-state index in [1.807, 2.05) is 0 Å². The number of hydrogen-bond acceptors (Lipinski definition) is 5. The minimum atomic E-state index is -3.31. The van der Waals surface area contributed by atoms with Gasteiger partial charge in [0.05, 0.1) is 11.8 Å². The Kier molecular flexibility index (Phi) is 2.78. The molecule has 1 aliphatic rings. The van der Waals surface area contributed by atoms with Crippen LogP contribution in [0.15, 0.2) is 4.52 Å². The number of sulfonamides is 1. The van der Waals surface area contributed by atoms with Crippen molar-refractivity contribution in [1.82, 2.24) is 14.9 Å². The molecule has 0 radical (unpaired) electrons. The van der Waals surface area contributed by atoms with Gasteiger partial charge < -0.3 is 4.52 Å². The summed E-state index contributed by atoms with van der Waals surface area (Å²) in [4.78, 5) is 4.27. The zero-order chi connectivity index (χ0) is 12.8. The lowest BCUT2D eigenvalue weighted by atomic mass is 10.1. The van der Waals surface area contributed by atoms with Crippen molar-refractivity contribution in [2.45, 2.75) is 38.6 Å². The lowest BCUT2D eigenvalue weighted by Crippen LogP contribution is -2.41. The van der Waals surface area contributed by atoms with E-state index < -0.39 is 15.6 Å². The zero-order valence-electron chi connectivity index (χ0n) is 10.4. The SMILES string of the molecule is C[C@H]1C[C@H]1c1nc(C(C)(C)NS(C)(=O)=O)no1. The molecule has 1 heterocycles. The van der Waals surface area contributed by atoms with Crippen molar-refractivity contribution in [3.8, 4) is 0 Å². The van der Waals surface area contributed by atoms with Crippen LogP contribution in [-0.4, -0.2) is 24.8 Å². The molecule has 1 saturated carbocycles. The van der Waals surface area contributed by atoms with Crippen LogP contribution in [0.25, 0.3) is 0 Å². The molecule has 0 bridgehead atoms. The largest absolute Gasteiger partial charge is 0.339 e. The minimum Gasteiger partial charge on any atom is -0.339 e. The van der Waals surface area contributed by atoms with Gasteiger partial charge in [-0.1, -0.05) is 12.1 Å². The van der Waals surface area contributed by atoms with E-state index in [1.54, 1.807) is 13.8 Å². The van der Waals surface area contributed by atoms with Crippen LogP contribution in [0.5, 0.6) is 0 Å². The molecule has 0 spiro atoms. The smallest absolute Gasteiger partial charge is 0.230 e. The molecule has 1 fully saturated rings.